The molecule has 0 nitrogen and oxygen atoms in total. The Morgan fingerprint density at radius 3 is 2.20 bits per heavy atom. The Morgan fingerprint density at radius 2 is 1.55 bits per heavy atom. The smallest absolute Gasteiger partial charge is 0.0134 e. The molecular formula is C20H36. The molecule has 0 aliphatic rings. The number of unbranched alkanes of at least 4 members (excludes halogenated alkanes) is 5. The van der Waals surface area contributed by atoms with Crippen molar-refractivity contribution < 1.29 is 0 Å². The summed E-state index contributed by atoms with van der Waals surface area (Å²) in [5.41, 5.74) is 3.42. The fourth-order valence-corrected chi connectivity index (χ4v) is 2.23. The predicted octanol–water partition coefficient (Wildman–Crippen LogP) is 7.08. The molecule has 0 rings (SSSR count). The van der Waals surface area contributed by atoms with Crippen LogP contribution in [0, 0.1) is 11.8 Å². The second-order valence-corrected chi connectivity index (χ2v) is 6.13. The van der Waals surface area contributed by atoms with E-state index in [2.05, 4.69) is 57.7 Å². The molecule has 116 valence electrons. The van der Waals surface area contributed by atoms with Gasteiger partial charge in [-0.15, -0.1) is 5.73 Å². The van der Waals surface area contributed by atoms with Crippen molar-refractivity contribution in [1.29, 1.82) is 0 Å². The summed E-state index contributed by atoms with van der Waals surface area (Å²) in [4.78, 5) is 0. The van der Waals surface area contributed by atoms with E-state index >= 15 is 0 Å². The van der Waals surface area contributed by atoms with Gasteiger partial charge in [-0.1, -0.05) is 59.1 Å². The molecule has 1 unspecified atom stereocenters. The van der Waals surface area contributed by atoms with Crippen LogP contribution in [0.5, 0.6) is 0 Å². The molecule has 0 bridgehead atoms. The first-order valence-electron chi connectivity index (χ1n) is 8.78. The summed E-state index contributed by atoms with van der Waals surface area (Å²) in [6.45, 7) is 9.14. The van der Waals surface area contributed by atoms with Crippen LogP contribution in [0.15, 0.2) is 30.0 Å². The molecular weight excluding hydrogens is 240 g/mol. The second-order valence-electron chi connectivity index (χ2n) is 6.13. The lowest BCUT2D eigenvalue weighted by atomic mass is 9.90. The fraction of sp³-hybridized carbons (Fsp3) is 0.750. The molecule has 0 amide bonds. The maximum absolute atomic E-state index is 3.42. The molecule has 0 saturated heterocycles. The van der Waals surface area contributed by atoms with Gasteiger partial charge in [-0.3, -0.25) is 0 Å². The average molecular weight is 277 g/mol. The van der Waals surface area contributed by atoms with Gasteiger partial charge in [0.25, 0.3) is 0 Å². The van der Waals surface area contributed by atoms with E-state index < -0.39 is 0 Å². The Morgan fingerprint density at radius 1 is 0.850 bits per heavy atom. The first kappa shape index (κ1) is 19.3. The molecule has 0 radical (unpaired) electrons. The van der Waals surface area contributed by atoms with Gasteiger partial charge in [0.15, 0.2) is 0 Å². The first-order chi connectivity index (χ1) is 9.72. The number of hydrogen-bond donors (Lipinski definition) is 0. The molecule has 1 atom stereocenters. The van der Waals surface area contributed by atoms with Crippen LogP contribution in [-0.4, -0.2) is 0 Å². The summed E-state index contributed by atoms with van der Waals surface area (Å²) in [6, 6.07) is 0. The Labute approximate surface area is 128 Å². The molecule has 0 aliphatic heterocycles. The van der Waals surface area contributed by atoms with Crippen molar-refractivity contribution in [3.05, 3.63) is 30.0 Å². The number of allylic oxidation sites excluding steroid dienone is 3. The Bertz CT molecular complexity index is 276. The summed E-state index contributed by atoms with van der Waals surface area (Å²) in [6.07, 6.45) is 20.7. The lowest BCUT2D eigenvalue weighted by Crippen LogP contribution is -2.04. The monoisotopic (exact) mass is 276 g/mol. The highest BCUT2D eigenvalue weighted by Gasteiger charge is 2.08. The van der Waals surface area contributed by atoms with Crippen molar-refractivity contribution in [1.82, 2.24) is 0 Å². The van der Waals surface area contributed by atoms with Crippen LogP contribution >= 0.6 is 0 Å². The molecule has 20 heavy (non-hydrogen) atoms. The Kier molecular flexibility index (Phi) is 14.1. The van der Waals surface area contributed by atoms with Crippen molar-refractivity contribution in [3.63, 3.8) is 0 Å². The molecule has 0 fully saturated rings. The molecule has 0 heteroatoms. The molecule has 0 spiro atoms. The van der Waals surface area contributed by atoms with E-state index in [9.17, 15) is 0 Å². The topological polar surface area (TPSA) is 0 Å². The third-order valence-corrected chi connectivity index (χ3v) is 3.77. The van der Waals surface area contributed by atoms with E-state index in [4.69, 9.17) is 0 Å². The van der Waals surface area contributed by atoms with Crippen LogP contribution in [0.3, 0.4) is 0 Å². The summed E-state index contributed by atoms with van der Waals surface area (Å²) < 4.78 is 0. The molecule has 0 saturated carbocycles. The highest BCUT2D eigenvalue weighted by molar-refractivity contribution is 4.91. The van der Waals surface area contributed by atoms with Gasteiger partial charge in [-0.25, -0.2) is 0 Å². The lowest BCUT2D eigenvalue weighted by Gasteiger charge is -2.14. The standard InChI is InChI=1S/C20H36/c1-5-7-9-10-11-12-13-14-15-16-18-20(19(3)4)17-8-6-2/h9-10,15,18-20H,5-8,11-14,17H2,1-4H3. The SMILES string of the molecule is CCCC=CCCCCC=C=CC(CCCC)C(C)C. The van der Waals surface area contributed by atoms with Gasteiger partial charge in [0, 0.05) is 0 Å². The van der Waals surface area contributed by atoms with Crippen LogP contribution in [0.4, 0.5) is 0 Å². The van der Waals surface area contributed by atoms with E-state index in [1.54, 1.807) is 0 Å². The zero-order chi connectivity index (χ0) is 15.1. The molecule has 0 aliphatic carbocycles. The van der Waals surface area contributed by atoms with Gasteiger partial charge in [0.2, 0.25) is 0 Å². The third kappa shape index (κ3) is 12.3. The highest BCUT2D eigenvalue weighted by atomic mass is 14.1. The number of hydrogen-bond acceptors (Lipinski definition) is 0. The van der Waals surface area contributed by atoms with E-state index in [0.717, 1.165) is 5.92 Å². The molecule has 0 aromatic rings. The van der Waals surface area contributed by atoms with Gasteiger partial charge in [-0.2, -0.15) is 0 Å². The van der Waals surface area contributed by atoms with Gasteiger partial charge < -0.3 is 0 Å². The second kappa shape index (κ2) is 14.7. The zero-order valence-electron chi connectivity index (χ0n) is 14.3. The average Bonchev–Trinajstić information content (AvgIpc) is 2.43. The minimum absolute atomic E-state index is 0.711. The Hall–Kier alpha value is -0.740. The summed E-state index contributed by atoms with van der Waals surface area (Å²) >= 11 is 0. The van der Waals surface area contributed by atoms with Gasteiger partial charge in [-0.05, 0) is 62.5 Å². The van der Waals surface area contributed by atoms with Gasteiger partial charge >= 0.3 is 0 Å². The summed E-state index contributed by atoms with van der Waals surface area (Å²) in [5, 5.41) is 0. The van der Waals surface area contributed by atoms with Crippen molar-refractivity contribution in [3.8, 4) is 0 Å². The van der Waals surface area contributed by atoms with Crippen LogP contribution < -0.4 is 0 Å². The molecule has 0 heterocycles. The lowest BCUT2D eigenvalue weighted by molar-refractivity contribution is 0.423. The van der Waals surface area contributed by atoms with Crippen molar-refractivity contribution >= 4 is 0 Å². The summed E-state index contributed by atoms with van der Waals surface area (Å²) in [7, 11) is 0. The first-order valence-corrected chi connectivity index (χ1v) is 8.78. The van der Waals surface area contributed by atoms with Crippen LogP contribution in [0.1, 0.15) is 85.5 Å². The highest BCUT2D eigenvalue weighted by Crippen LogP contribution is 2.19. The number of rotatable bonds is 12. The van der Waals surface area contributed by atoms with Crippen molar-refractivity contribution in [2.75, 3.05) is 0 Å². The maximum Gasteiger partial charge on any atom is -0.0134 e. The van der Waals surface area contributed by atoms with E-state index in [0.29, 0.717) is 5.92 Å². The summed E-state index contributed by atoms with van der Waals surface area (Å²) in [5.74, 6) is 1.45. The fourth-order valence-electron chi connectivity index (χ4n) is 2.23. The van der Waals surface area contributed by atoms with E-state index in [-0.39, 0.29) is 0 Å². The minimum Gasteiger partial charge on any atom is -0.129 e. The normalized spacial score (nSPS) is 12.7. The maximum atomic E-state index is 3.42. The van der Waals surface area contributed by atoms with Gasteiger partial charge in [0.1, 0.15) is 0 Å². The van der Waals surface area contributed by atoms with Crippen LogP contribution in [0.25, 0.3) is 0 Å². The van der Waals surface area contributed by atoms with E-state index in [1.165, 1.54) is 57.8 Å². The van der Waals surface area contributed by atoms with Crippen LogP contribution in [-0.2, 0) is 0 Å². The molecule has 0 aromatic carbocycles. The van der Waals surface area contributed by atoms with E-state index in [1.807, 2.05) is 0 Å². The van der Waals surface area contributed by atoms with Crippen molar-refractivity contribution in [2.45, 2.75) is 85.5 Å². The third-order valence-electron chi connectivity index (χ3n) is 3.77. The molecule has 0 N–H and O–H groups in total. The predicted molar refractivity (Wildman–Crippen MR) is 93.0 cm³/mol. The van der Waals surface area contributed by atoms with Crippen LogP contribution in [0.2, 0.25) is 0 Å². The van der Waals surface area contributed by atoms with Gasteiger partial charge in [0.05, 0.1) is 0 Å². The Balaban J connectivity index is 3.77. The van der Waals surface area contributed by atoms with Crippen molar-refractivity contribution in [2.24, 2.45) is 11.8 Å². The molecule has 0 aromatic heterocycles. The quantitative estimate of drug-likeness (QED) is 0.203. The minimum atomic E-state index is 0.711. The largest absolute Gasteiger partial charge is 0.129 e. The zero-order valence-corrected chi connectivity index (χ0v) is 14.3.